The molecule has 7 nitrogen and oxygen atoms in total. The van der Waals surface area contributed by atoms with E-state index >= 15 is 0 Å². The maximum atomic E-state index is 13.1. The number of hydrogen-bond acceptors (Lipinski definition) is 5. The summed E-state index contributed by atoms with van der Waals surface area (Å²) < 4.78 is 29.5. The molecule has 0 aliphatic carbocycles. The van der Waals surface area contributed by atoms with Crippen LogP contribution < -0.4 is 20.1 Å². The third-order valence-corrected chi connectivity index (χ3v) is 4.78. The predicted octanol–water partition coefficient (Wildman–Crippen LogP) is 4.81. The van der Waals surface area contributed by atoms with Gasteiger partial charge in [-0.2, -0.15) is 0 Å². The van der Waals surface area contributed by atoms with Crippen molar-refractivity contribution in [2.45, 2.75) is 0 Å². The summed E-state index contributed by atoms with van der Waals surface area (Å²) in [6.07, 6.45) is 0. The zero-order valence-electron chi connectivity index (χ0n) is 16.0. The van der Waals surface area contributed by atoms with Crippen LogP contribution in [0.2, 0.25) is 0 Å². The number of carbonyl (C=O) groups is 2. The first-order valence-electron chi connectivity index (χ1n) is 9.38. The van der Waals surface area contributed by atoms with Crippen molar-refractivity contribution in [2.75, 3.05) is 17.4 Å². The third-order valence-electron chi connectivity index (χ3n) is 4.78. The average molecular weight is 418 g/mol. The van der Waals surface area contributed by atoms with Crippen LogP contribution in [-0.2, 0) is 0 Å². The van der Waals surface area contributed by atoms with E-state index in [2.05, 4.69) is 10.6 Å². The van der Waals surface area contributed by atoms with E-state index in [0.717, 1.165) is 0 Å². The van der Waals surface area contributed by atoms with Crippen LogP contribution in [0.1, 0.15) is 20.9 Å². The van der Waals surface area contributed by atoms with Gasteiger partial charge in [-0.1, -0.05) is 12.1 Å². The number of ether oxygens (including phenoxy) is 2. The Morgan fingerprint density at radius 1 is 0.839 bits per heavy atom. The highest BCUT2D eigenvalue weighted by Crippen LogP contribution is 2.34. The number of para-hydroxylation sites is 1. The summed E-state index contributed by atoms with van der Waals surface area (Å²) in [7, 11) is 0. The maximum absolute atomic E-state index is 13.1. The van der Waals surface area contributed by atoms with Crippen LogP contribution in [0.4, 0.5) is 15.8 Å². The van der Waals surface area contributed by atoms with Crippen molar-refractivity contribution in [3.63, 3.8) is 0 Å². The van der Waals surface area contributed by atoms with Gasteiger partial charge in [0, 0.05) is 16.6 Å². The van der Waals surface area contributed by atoms with E-state index in [0.29, 0.717) is 33.7 Å². The van der Waals surface area contributed by atoms with Crippen LogP contribution in [0.5, 0.6) is 11.5 Å². The summed E-state index contributed by atoms with van der Waals surface area (Å²) in [5.74, 6) is -0.480. The van der Waals surface area contributed by atoms with Crippen LogP contribution >= 0.6 is 0 Å². The number of amides is 2. The van der Waals surface area contributed by atoms with E-state index in [4.69, 9.17) is 13.9 Å². The molecule has 0 bridgehead atoms. The van der Waals surface area contributed by atoms with Gasteiger partial charge in [0.05, 0.1) is 0 Å². The second-order valence-corrected chi connectivity index (χ2v) is 6.79. The Labute approximate surface area is 175 Å². The SMILES string of the molecule is O=C(Nc1c(C(=O)Nc2ccc(F)cc2)oc2ccccc12)c1ccc2c(c1)OCO2. The predicted molar refractivity (Wildman–Crippen MR) is 111 cm³/mol. The lowest BCUT2D eigenvalue weighted by molar-refractivity contribution is 0.0999. The number of furan rings is 1. The Balaban J connectivity index is 1.48. The highest BCUT2D eigenvalue weighted by Gasteiger charge is 2.24. The molecule has 2 amide bonds. The van der Waals surface area contributed by atoms with Gasteiger partial charge >= 0.3 is 0 Å². The summed E-state index contributed by atoms with van der Waals surface area (Å²) in [6, 6.07) is 17.1. The Kier molecular flexibility index (Phi) is 4.51. The normalized spacial score (nSPS) is 12.0. The monoisotopic (exact) mass is 418 g/mol. The molecule has 0 saturated carbocycles. The summed E-state index contributed by atoms with van der Waals surface area (Å²) in [5, 5.41) is 5.98. The van der Waals surface area contributed by atoms with Gasteiger partial charge in [-0.3, -0.25) is 9.59 Å². The van der Waals surface area contributed by atoms with Gasteiger partial charge in [0.15, 0.2) is 11.5 Å². The highest BCUT2D eigenvalue weighted by molar-refractivity contribution is 6.17. The topological polar surface area (TPSA) is 89.8 Å². The van der Waals surface area contributed by atoms with Crippen LogP contribution in [-0.4, -0.2) is 18.6 Å². The molecule has 3 aromatic carbocycles. The zero-order valence-corrected chi connectivity index (χ0v) is 16.0. The summed E-state index contributed by atoms with van der Waals surface area (Å²) in [5.41, 5.74) is 1.39. The first-order chi connectivity index (χ1) is 15.1. The first-order valence-corrected chi connectivity index (χ1v) is 9.38. The van der Waals surface area contributed by atoms with Gasteiger partial charge in [0.25, 0.3) is 11.8 Å². The maximum Gasteiger partial charge on any atom is 0.293 e. The first kappa shape index (κ1) is 18.7. The summed E-state index contributed by atoms with van der Waals surface area (Å²) in [6.45, 7) is 0.0977. The molecule has 1 aromatic heterocycles. The number of fused-ring (bicyclic) bond motifs is 2. The molecule has 154 valence electrons. The number of hydrogen-bond donors (Lipinski definition) is 2. The summed E-state index contributed by atoms with van der Waals surface area (Å²) in [4.78, 5) is 25.8. The van der Waals surface area contributed by atoms with Crippen molar-refractivity contribution in [2.24, 2.45) is 0 Å². The molecule has 0 spiro atoms. The molecule has 8 heteroatoms. The fourth-order valence-electron chi connectivity index (χ4n) is 3.27. The molecule has 2 heterocycles. The number of benzene rings is 3. The van der Waals surface area contributed by atoms with Crippen LogP contribution in [0.15, 0.2) is 71.1 Å². The van der Waals surface area contributed by atoms with Gasteiger partial charge in [0.1, 0.15) is 17.1 Å². The number of halogens is 1. The van der Waals surface area contributed by atoms with E-state index in [1.54, 1.807) is 42.5 Å². The largest absolute Gasteiger partial charge is 0.454 e. The molecular formula is C23H15FN2O5. The quantitative estimate of drug-likeness (QED) is 0.497. The minimum Gasteiger partial charge on any atom is -0.454 e. The van der Waals surface area contributed by atoms with Crippen LogP contribution in [0.3, 0.4) is 0 Å². The Hall–Kier alpha value is -4.33. The van der Waals surface area contributed by atoms with Gasteiger partial charge in [-0.25, -0.2) is 4.39 Å². The van der Waals surface area contributed by atoms with Crippen molar-refractivity contribution in [1.29, 1.82) is 0 Å². The highest BCUT2D eigenvalue weighted by atomic mass is 19.1. The minimum absolute atomic E-state index is 0.0698. The smallest absolute Gasteiger partial charge is 0.293 e. The zero-order chi connectivity index (χ0) is 21.4. The number of anilines is 2. The van der Waals surface area contributed by atoms with Crippen molar-refractivity contribution in [1.82, 2.24) is 0 Å². The van der Waals surface area contributed by atoms with Crippen molar-refractivity contribution in [3.05, 3.63) is 83.9 Å². The van der Waals surface area contributed by atoms with Gasteiger partial charge in [-0.15, -0.1) is 0 Å². The Morgan fingerprint density at radius 2 is 1.61 bits per heavy atom. The second kappa shape index (κ2) is 7.49. The van der Waals surface area contributed by atoms with Gasteiger partial charge in [0.2, 0.25) is 12.6 Å². The second-order valence-electron chi connectivity index (χ2n) is 6.79. The molecular weight excluding hydrogens is 403 g/mol. The van der Waals surface area contributed by atoms with Crippen molar-refractivity contribution in [3.8, 4) is 11.5 Å². The summed E-state index contributed by atoms with van der Waals surface area (Å²) >= 11 is 0. The third kappa shape index (κ3) is 3.55. The van der Waals surface area contributed by atoms with E-state index < -0.39 is 17.6 Å². The molecule has 1 aliphatic rings. The molecule has 4 aromatic rings. The molecule has 0 unspecified atom stereocenters. The molecule has 1 aliphatic heterocycles. The molecule has 2 N–H and O–H groups in total. The van der Waals surface area contributed by atoms with E-state index in [1.807, 2.05) is 0 Å². The standard InChI is InChI=1S/C23H15FN2O5/c24-14-6-8-15(9-7-14)25-23(28)21-20(16-3-1-2-4-17(16)31-21)26-22(27)13-5-10-18-19(11-13)30-12-29-18/h1-11H,12H2,(H,25,28)(H,26,27). The van der Waals surface area contributed by atoms with E-state index in [1.165, 1.54) is 24.3 Å². The fraction of sp³-hybridized carbons (Fsp3) is 0.0435. The Morgan fingerprint density at radius 3 is 2.45 bits per heavy atom. The van der Waals surface area contributed by atoms with Crippen LogP contribution in [0.25, 0.3) is 11.0 Å². The van der Waals surface area contributed by atoms with Crippen LogP contribution in [0, 0.1) is 5.82 Å². The van der Waals surface area contributed by atoms with Crippen molar-refractivity contribution < 1.29 is 27.9 Å². The molecule has 0 atom stereocenters. The lowest BCUT2D eigenvalue weighted by atomic mass is 10.1. The fourth-order valence-corrected chi connectivity index (χ4v) is 3.27. The lowest BCUT2D eigenvalue weighted by Gasteiger charge is -2.08. The lowest BCUT2D eigenvalue weighted by Crippen LogP contribution is -2.17. The Bertz CT molecular complexity index is 1310. The number of carbonyl (C=O) groups excluding carboxylic acids is 2. The van der Waals surface area contributed by atoms with E-state index in [9.17, 15) is 14.0 Å². The average Bonchev–Trinajstić information content (AvgIpc) is 3.39. The minimum atomic E-state index is -0.580. The molecule has 0 radical (unpaired) electrons. The van der Waals surface area contributed by atoms with Gasteiger partial charge < -0.3 is 24.5 Å². The van der Waals surface area contributed by atoms with Gasteiger partial charge in [-0.05, 0) is 54.6 Å². The molecule has 0 saturated heterocycles. The molecule has 31 heavy (non-hydrogen) atoms. The number of rotatable bonds is 4. The van der Waals surface area contributed by atoms with Crippen molar-refractivity contribution >= 4 is 34.2 Å². The van der Waals surface area contributed by atoms with E-state index in [-0.39, 0.29) is 18.2 Å². The molecule has 5 rings (SSSR count). The molecule has 0 fully saturated rings. The number of nitrogens with one attached hydrogen (secondary N) is 2.